The van der Waals surface area contributed by atoms with Crippen LogP contribution in [0.3, 0.4) is 0 Å². The van der Waals surface area contributed by atoms with Crippen molar-refractivity contribution in [1.82, 2.24) is 0 Å². The minimum absolute atomic E-state index is 0.155. The number of ketones is 1. The molecule has 0 spiro atoms. The third kappa shape index (κ3) is 1.37. The Morgan fingerprint density at radius 2 is 2.20 bits per heavy atom. The molecule has 1 rings (SSSR count). The highest BCUT2D eigenvalue weighted by atomic mass is 16.1. The van der Waals surface area contributed by atoms with E-state index < -0.39 is 0 Å². The summed E-state index contributed by atoms with van der Waals surface area (Å²) in [5, 5.41) is 0. The number of Topliss-reactive ketones (excluding diaryl/α,β-unsaturated/α-hetero) is 1. The van der Waals surface area contributed by atoms with Crippen LogP contribution in [0.4, 0.5) is 0 Å². The summed E-state index contributed by atoms with van der Waals surface area (Å²) in [7, 11) is 0. The smallest absolute Gasteiger partial charge is 0.138 e. The normalized spacial score (nSPS) is 32.3. The van der Waals surface area contributed by atoms with Crippen LogP contribution in [-0.4, -0.2) is 11.8 Å². The Morgan fingerprint density at radius 3 is 2.60 bits per heavy atom. The van der Waals surface area contributed by atoms with Gasteiger partial charge in [0.15, 0.2) is 0 Å². The van der Waals surface area contributed by atoms with Crippen LogP contribution in [0, 0.1) is 5.41 Å². The van der Waals surface area contributed by atoms with E-state index in [0.717, 1.165) is 12.8 Å². The Morgan fingerprint density at radius 1 is 1.60 bits per heavy atom. The lowest BCUT2D eigenvalue weighted by molar-refractivity contribution is -0.129. The lowest BCUT2D eigenvalue weighted by Crippen LogP contribution is -2.38. The number of rotatable bonds is 0. The molecule has 1 fully saturated rings. The first-order valence-corrected chi connectivity index (χ1v) is 3.81. The first-order valence-electron chi connectivity index (χ1n) is 3.81. The van der Waals surface area contributed by atoms with Gasteiger partial charge in [0.25, 0.3) is 0 Å². The summed E-state index contributed by atoms with van der Waals surface area (Å²) in [5.41, 5.74) is 5.57. The average Bonchev–Trinajstić information content (AvgIpc) is 1.78. The molecule has 1 aliphatic rings. The quantitative estimate of drug-likeness (QED) is 0.548. The summed E-state index contributed by atoms with van der Waals surface area (Å²) in [6.07, 6.45) is 2.41. The topological polar surface area (TPSA) is 43.1 Å². The molecule has 58 valence electrons. The molecule has 0 radical (unpaired) electrons. The molecule has 0 amide bonds. The van der Waals surface area contributed by atoms with Gasteiger partial charge >= 0.3 is 0 Å². The molecule has 2 nitrogen and oxygen atoms in total. The number of nitrogens with two attached hydrogens (primary N) is 1. The van der Waals surface area contributed by atoms with Gasteiger partial charge in [-0.25, -0.2) is 0 Å². The molecule has 0 aromatic rings. The molecule has 0 saturated heterocycles. The predicted octanol–water partition coefficient (Wildman–Crippen LogP) is 1.09. The molecule has 2 heteroatoms. The van der Waals surface area contributed by atoms with E-state index in [1.807, 2.05) is 13.8 Å². The zero-order valence-corrected chi connectivity index (χ0v) is 6.68. The lowest BCUT2D eigenvalue weighted by Gasteiger charge is -2.31. The van der Waals surface area contributed by atoms with E-state index in [2.05, 4.69) is 0 Å². The van der Waals surface area contributed by atoms with Crippen molar-refractivity contribution in [3.63, 3.8) is 0 Å². The van der Waals surface area contributed by atoms with Crippen LogP contribution in [0.5, 0.6) is 0 Å². The molecule has 10 heavy (non-hydrogen) atoms. The molecule has 0 aromatic carbocycles. The summed E-state index contributed by atoms with van der Waals surface area (Å²) >= 11 is 0. The van der Waals surface area contributed by atoms with E-state index in [0.29, 0.717) is 12.2 Å². The van der Waals surface area contributed by atoms with Crippen molar-refractivity contribution in [3.8, 4) is 0 Å². The summed E-state index contributed by atoms with van der Waals surface area (Å²) in [5.74, 6) is 0.370. The molecule has 0 bridgehead atoms. The standard InChI is InChI=1S/C8H15NO/c1-8(2)5-6(9)3-4-7(8)10/h6H,3-5,9H2,1-2H3. The fourth-order valence-corrected chi connectivity index (χ4v) is 1.53. The fraction of sp³-hybridized carbons (Fsp3) is 0.875. The molecule has 1 aliphatic carbocycles. The lowest BCUT2D eigenvalue weighted by atomic mass is 9.74. The van der Waals surface area contributed by atoms with E-state index in [-0.39, 0.29) is 11.5 Å². The van der Waals surface area contributed by atoms with E-state index in [4.69, 9.17) is 5.73 Å². The van der Waals surface area contributed by atoms with Gasteiger partial charge in [0.1, 0.15) is 5.78 Å². The molecule has 1 atom stereocenters. The SMILES string of the molecule is CC1(C)CC(N)CCC1=O. The van der Waals surface area contributed by atoms with Crippen molar-refractivity contribution in [3.05, 3.63) is 0 Å². The van der Waals surface area contributed by atoms with Gasteiger partial charge in [-0.3, -0.25) is 4.79 Å². The second-order valence-corrected chi connectivity index (χ2v) is 3.81. The fourth-order valence-electron chi connectivity index (χ4n) is 1.53. The van der Waals surface area contributed by atoms with Gasteiger partial charge in [-0.05, 0) is 12.8 Å². The van der Waals surface area contributed by atoms with Crippen LogP contribution in [-0.2, 0) is 4.79 Å². The van der Waals surface area contributed by atoms with Gasteiger partial charge in [-0.15, -0.1) is 0 Å². The number of carbonyl (C=O) groups excluding carboxylic acids is 1. The van der Waals surface area contributed by atoms with Gasteiger partial charge in [-0.1, -0.05) is 13.8 Å². The first kappa shape index (κ1) is 7.73. The maximum Gasteiger partial charge on any atom is 0.138 e. The monoisotopic (exact) mass is 141 g/mol. The third-order valence-corrected chi connectivity index (χ3v) is 2.27. The Balaban J connectivity index is 2.63. The summed E-state index contributed by atoms with van der Waals surface area (Å²) in [4.78, 5) is 11.2. The Bertz CT molecular complexity index is 151. The van der Waals surface area contributed by atoms with Gasteiger partial charge < -0.3 is 5.73 Å². The summed E-state index contributed by atoms with van der Waals surface area (Å²) in [6.45, 7) is 3.96. The van der Waals surface area contributed by atoms with Crippen molar-refractivity contribution in [2.75, 3.05) is 0 Å². The minimum atomic E-state index is -0.155. The third-order valence-electron chi connectivity index (χ3n) is 2.27. The largest absolute Gasteiger partial charge is 0.328 e. The number of hydrogen-bond acceptors (Lipinski definition) is 2. The van der Waals surface area contributed by atoms with Gasteiger partial charge in [0.05, 0.1) is 0 Å². The summed E-state index contributed by atoms with van der Waals surface area (Å²) < 4.78 is 0. The number of hydrogen-bond donors (Lipinski definition) is 1. The first-order chi connectivity index (χ1) is 4.52. The van der Waals surface area contributed by atoms with Crippen LogP contribution in [0.2, 0.25) is 0 Å². The molecule has 1 saturated carbocycles. The van der Waals surface area contributed by atoms with Crippen molar-refractivity contribution in [2.24, 2.45) is 11.1 Å². The zero-order valence-electron chi connectivity index (χ0n) is 6.68. The van der Waals surface area contributed by atoms with Gasteiger partial charge in [-0.2, -0.15) is 0 Å². The second kappa shape index (κ2) is 2.35. The highest BCUT2D eigenvalue weighted by Crippen LogP contribution is 2.30. The number of carbonyl (C=O) groups is 1. The molecule has 1 unspecified atom stereocenters. The van der Waals surface area contributed by atoms with Crippen LogP contribution in [0.1, 0.15) is 33.1 Å². The maximum absolute atomic E-state index is 11.2. The molecule has 0 aliphatic heterocycles. The van der Waals surface area contributed by atoms with E-state index >= 15 is 0 Å². The van der Waals surface area contributed by atoms with Gasteiger partial charge in [0, 0.05) is 17.9 Å². The van der Waals surface area contributed by atoms with E-state index in [1.54, 1.807) is 0 Å². The Kier molecular flexibility index (Phi) is 1.82. The van der Waals surface area contributed by atoms with Crippen LogP contribution < -0.4 is 5.73 Å². The van der Waals surface area contributed by atoms with Crippen LogP contribution in [0.15, 0.2) is 0 Å². The molecule has 0 aromatic heterocycles. The molecule has 2 N–H and O–H groups in total. The van der Waals surface area contributed by atoms with Crippen molar-refractivity contribution < 1.29 is 4.79 Å². The second-order valence-electron chi connectivity index (χ2n) is 3.81. The molecular weight excluding hydrogens is 126 g/mol. The molecular formula is C8H15NO. The van der Waals surface area contributed by atoms with Crippen molar-refractivity contribution in [1.29, 1.82) is 0 Å². The predicted molar refractivity (Wildman–Crippen MR) is 40.6 cm³/mol. The highest BCUT2D eigenvalue weighted by molar-refractivity contribution is 5.84. The maximum atomic E-state index is 11.2. The average molecular weight is 141 g/mol. The van der Waals surface area contributed by atoms with Crippen molar-refractivity contribution >= 4 is 5.78 Å². The van der Waals surface area contributed by atoms with E-state index in [9.17, 15) is 4.79 Å². The van der Waals surface area contributed by atoms with Crippen LogP contribution >= 0.6 is 0 Å². The highest BCUT2D eigenvalue weighted by Gasteiger charge is 2.33. The zero-order chi connectivity index (χ0) is 7.78. The van der Waals surface area contributed by atoms with E-state index in [1.165, 1.54) is 0 Å². The Hall–Kier alpha value is -0.370. The molecule has 0 heterocycles. The Labute approximate surface area is 61.8 Å². The van der Waals surface area contributed by atoms with Crippen LogP contribution in [0.25, 0.3) is 0 Å². The van der Waals surface area contributed by atoms with Gasteiger partial charge in [0.2, 0.25) is 0 Å². The minimum Gasteiger partial charge on any atom is -0.328 e. The summed E-state index contributed by atoms with van der Waals surface area (Å²) in [6, 6.07) is 0.243. The van der Waals surface area contributed by atoms with Crippen molar-refractivity contribution in [2.45, 2.75) is 39.2 Å².